The molecule has 0 aliphatic carbocycles. The molecule has 0 radical (unpaired) electrons. The molecular weight excluding hydrogens is 154 g/mol. The van der Waals surface area contributed by atoms with Crippen LogP contribution in [0.3, 0.4) is 0 Å². The zero-order valence-corrected chi connectivity index (χ0v) is 7.62. The smallest absolute Gasteiger partial charge is 0.323 e. The van der Waals surface area contributed by atoms with Gasteiger partial charge in [-0.25, -0.2) is 0 Å². The fourth-order valence-electron chi connectivity index (χ4n) is 1.43. The minimum absolute atomic E-state index is 0.0646. The van der Waals surface area contributed by atoms with Crippen molar-refractivity contribution < 1.29 is 9.53 Å². The van der Waals surface area contributed by atoms with Crippen molar-refractivity contribution in [1.82, 2.24) is 4.90 Å². The number of carbonyl (C=O) groups is 1. The largest absolute Gasteiger partial charge is 0.461 e. The summed E-state index contributed by atoms with van der Waals surface area (Å²) in [6.45, 7) is 6.27. The molecule has 0 saturated carbocycles. The summed E-state index contributed by atoms with van der Waals surface area (Å²) in [5, 5.41) is 0. The van der Waals surface area contributed by atoms with Crippen molar-refractivity contribution in [2.45, 2.75) is 25.5 Å². The molecule has 0 amide bonds. The van der Waals surface area contributed by atoms with Gasteiger partial charge in [0.05, 0.1) is 0 Å². The van der Waals surface area contributed by atoms with Crippen molar-refractivity contribution in [3.05, 3.63) is 12.7 Å². The molecule has 0 aromatic carbocycles. The number of rotatable bonds is 3. The van der Waals surface area contributed by atoms with Crippen molar-refractivity contribution in [2.24, 2.45) is 0 Å². The minimum Gasteiger partial charge on any atom is -0.461 e. The summed E-state index contributed by atoms with van der Waals surface area (Å²) in [5.74, 6) is -0.105. The minimum atomic E-state index is -0.105. The Morgan fingerprint density at radius 2 is 2.50 bits per heavy atom. The standard InChI is InChI=1S/C9H15NO2/c1-4-5-10(3)8-6-7(2)12-9(8)11/h4,7-8H,1,5-6H2,2-3H3. The summed E-state index contributed by atoms with van der Waals surface area (Å²) in [6.07, 6.45) is 2.65. The van der Waals surface area contributed by atoms with Crippen molar-refractivity contribution in [1.29, 1.82) is 0 Å². The van der Waals surface area contributed by atoms with Gasteiger partial charge in [-0.3, -0.25) is 9.69 Å². The first-order valence-electron chi connectivity index (χ1n) is 4.16. The molecule has 0 aromatic heterocycles. The lowest BCUT2D eigenvalue weighted by Gasteiger charge is -2.18. The summed E-state index contributed by atoms with van der Waals surface area (Å²) < 4.78 is 5.03. The predicted molar refractivity (Wildman–Crippen MR) is 46.8 cm³/mol. The van der Waals surface area contributed by atoms with Crippen molar-refractivity contribution in [3.63, 3.8) is 0 Å². The molecule has 1 heterocycles. The molecule has 1 aliphatic heterocycles. The van der Waals surface area contributed by atoms with Gasteiger partial charge in [-0.2, -0.15) is 0 Å². The fraction of sp³-hybridized carbons (Fsp3) is 0.667. The van der Waals surface area contributed by atoms with Gasteiger partial charge >= 0.3 is 5.97 Å². The van der Waals surface area contributed by atoms with E-state index in [0.717, 1.165) is 13.0 Å². The molecule has 1 fully saturated rings. The maximum atomic E-state index is 11.2. The van der Waals surface area contributed by atoms with Crippen LogP contribution in [0.2, 0.25) is 0 Å². The number of hydrogen-bond donors (Lipinski definition) is 0. The lowest BCUT2D eigenvalue weighted by atomic mass is 10.1. The highest BCUT2D eigenvalue weighted by molar-refractivity contribution is 5.77. The molecule has 0 spiro atoms. The van der Waals surface area contributed by atoms with Gasteiger partial charge in [0.15, 0.2) is 0 Å². The lowest BCUT2D eigenvalue weighted by Crippen LogP contribution is -2.35. The van der Waals surface area contributed by atoms with Gasteiger partial charge in [0.1, 0.15) is 12.1 Å². The highest BCUT2D eigenvalue weighted by Gasteiger charge is 2.34. The van der Waals surface area contributed by atoms with Crippen LogP contribution in [-0.4, -0.2) is 36.6 Å². The summed E-state index contributed by atoms with van der Waals surface area (Å²) in [5.41, 5.74) is 0. The lowest BCUT2D eigenvalue weighted by molar-refractivity contribution is -0.144. The van der Waals surface area contributed by atoms with Gasteiger partial charge in [-0.15, -0.1) is 6.58 Å². The molecule has 68 valence electrons. The van der Waals surface area contributed by atoms with Crippen molar-refractivity contribution in [3.8, 4) is 0 Å². The molecule has 3 nitrogen and oxygen atoms in total. The molecule has 1 rings (SSSR count). The van der Waals surface area contributed by atoms with Crippen LogP contribution in [0.1, 0.15) is 13.3 Å². The van der Waals surface area contributed by atoms with Crippen LogP contribution in [0.5, 0.6) is 0 Å². The summed E-state index contributed by atoms with van der Waals surface area (Å²) in [4.78, 5) is 13.2. The summed E-state index contributed by atoms with van der Waals surface area (Å²) >= 11 is 0. The number of esters is 1. The number of likely N-dealkylation sites (N-methyl/N-ethyl adjacent to an activating group) is 1. The van der Waals surface area contributed by atoms with Gasteiger partial charge in [-0.05, 0) is 14.0 Å². The van der Waals surface area contributed by atoms with Crippen LogP contribution in [0.25, 0.3) is 0 Å². The second kappa shape index (κ2) is 3.72. The van der Waals surface area contributed by atoms with Crippen LogP contribution in [0, 0.1) is 0 Å². The van der Waals surface area contributed by atoms with Crippen LogP contribution in [0.4, 0.5) is 0 Å². The van der Waals surface area contributed by atoms with Gasteiger partial charge in [0.2, 0.25) is 0 Å². The Labute approximate surface area is 73.0 Å². The maximum absolute atomic E-state index is 11.2. The summed E-state index contributed by atoms with van der Waals surface area (Å²) in [6, 6.07) is -0.0713. The van der Waals surface area contributed by atoms with E-state index in [2.05, 4.69) is 6.58 Å². The molecule has 0 bridgehead atoms. The zero-order valence-electron chi connectivity index (χ0n) is 7.62. The Balaban J connectivity index is 2.51. The number of ether oxygens (including phenoxy) is 1. The molecule has 2 atom stereocenters. The van der Waals surface area contributed by atoms with E-state index in [0.29, 0.717) is 0 Å². The van der Waals surface area contributed by atoms with Crippen molar-refractivity contribution >= 4 is 5.97 Å². The van der Waals surface area contributed by atoms with E-state index < -0.39 is 0 Å². The van der Waals surface area contributed by atoms with E-state index in [-0.39, 0.29) is 18.1 Å². The number of cyclic esters (lactones) is 1. The Kier molecular flexibility index (Phi) is 2.87. The van der Waals surface area contributed by atoms with E-state index >= 15 is 0 Å². The topological polar surface area (TPSA) is 29.5 Å². The van der Waals surface area contributed by atoms with Crippen LogP contribution >= 0.6 is 0 Å². The highest BCUT2D eigenvalue weighted by atomic mass is 16.6. The highest BCUT2D eigenvalue weighted by Crippen LogP contribution is 2.18. The molecule has 0 aromatic rings. The SMILES string of the molecule is C=CCN(C)C1CC(C)OC1=O. The Morgan fingerprint density at radius 1 is 1.83 bits per heavy atom. The fourth-order valence-corrected chi connectivity index (χ4v) is 1.43. The Morgan fingerprint density at radius 3 is 2.92 bits per heavy atom. The molecule has 0 N–H and O–H groups in total. The second-order valence-corrected chi connectivity index (χ2v) is 3.23. The van der Waals surface area contributed by atoms with E-state index in [1.165, 1.54) is 0 Å². The first-order chi connectivity index (χ1) is 5.65. The molecule has 3 heteroatoms. The maximum Gasteiger partial charge on any atom is 0.323 e. The Hall–Kier alpha value is -0.830. The van der Waals surface area contributed by atoms with Gasteiger partial charge in [0, 0.05) is 13.0 Å². The molecule has 12 heavy (non-hydrogen) atoms. The van der Waals surface area contributed by atoms with E-state index in [4.69, 9.17) is 4.74 Å². The second-order valence-electron chi connectivity index (χ2n) is 3.23. The number of nitrogens with zero attached hydrogens (tertiary/aromatic N) is 1. The van der Waals surface area contributed by atoms with Crippen LogP contribution < -0.4 is 0 Å². The average Bonchev–Trinajstić information content (AvgIpc) is 2.30. The Bertz CT molecular complexity index is 191. The first kappa shape index (κ1) is 9.26. The first-order valence-corrected chi connectivity index (χ1v) is 4.16. The third kappa shape index (κ3) is 1.85. The quantitative estimate of drug-likeness (QED) is 0.462. The van der Waals surface area contributed by atoms with Gasteiger partial charge in [0.25, 0.3) is 0 Å². The normalized spacial score (nSPS) is 29.1. The number of hydrogen-bond acceptors (Lipinski definition) is 3. The van der Waals surface area contributed by atoms with Crippen molar-refractivity contribution in [2.75, 3.05) is 13.6 Å². The monoisotopic (exact) mass is 169 g/mol. The van der Waals surface area contributed by atoms with Gasteiger partial charge in [-0.1, -0.05) is 6.08 Å². The summed E-state index contributed by atoms with van der Waals surface area (Å²) in [7, 11) is 1.91. The predicted octanol–water partition coefficient (Wildman–Crippen LogP) is 0.808. The van der Waals surface area contributed by atoms with E-state index in [9.17, 15) is 4.79 Å². The molecular formula is C9H15NO2. The third-order valence-electron chi connectivity index (χ3n) is 2.09. The average molecular weight is 169 g/mol. The molecule has 2 unspecified atom stereocenters. The van der Waals surface area contributed by atoms with E-state index in [1.807, 2.05) is 18.9 Å². The van der Waals surface area contributed by atoms with Crippen LogP contribution in [-0.2, 0) is 9.53 Å². The third-order valence-corrected chi connectivity index (χ3v) is 2.09. The van der Waals surface area contributed by atoms with Crippen LogP contribution in [0.15, 0.2) is 12.7 Å². The molecule has 1 saturated heterocycles. The van der Waals surface area contributed by atoms with E-state index in [1.54, 1.807) is 6.08 Å². The number of carbonyl (C=O) groups excluding carboxylic acids is 1. The van der Waals surface area contributed by atoms with Gasteiger partial charge < -0.3 is 4.74 Å². The molecule has 1 aliphatic rings. The zero-order chi connectivity index (χ0) is 9.14.